The van der Waals surface area contributed by atoms with Gasteiger partial charge in [0.1, 0.15) is 11.6 Å². The fourth-order valence-corrected chi connectivity index (χ4v) is 3.62. The molecule has 6 nitrogen and oxygen atoms in total. The fraction of sp³-hybridized carbons (Fsp3) is 0.625. The number of carbonyl (C=O) groups excluding carboxylic acids is 1. The summed E-state index contributed by atoms with van der Waals surface area (Å²) in [6.45, 7) is 5.07. The number of carbonyl (C=O) groups is 1. The molecule has 0 spiro atoms. The summed E-state index contributed by atoms with van der Waals surface area (Å²) in [4.78, 5) is 18.6. The molecule has 3 rings (SSSR count). The number of urea groups is 1. The molecule has 1 saturated heterocycles. The Kier molecular flexibility index (Phi) is 4.20. The van der Waals surface area contributed by atoms with Crippen LogP contribution in [-0.2, 0) is 0 Å². The molecule has 1 aromatic rings. The molecule has 2 amide bonds. The van der Waals surface area contributed by atoms with E-state index in [0.29, 0.717) is 24.9 Å². The number of hydrogen-bond donors (Lipinski definition) is 2. The van der Waals surface area contributed by atoms with Gasteiger partial charge < -0.3 is 14.7 Å². The molecule has 1 aliphatic carbocycles. The van der Waals surface area contributed by atoms with E-state index in [1.807, 2.05) is 19.9 Å². The second-order valence-corrected chi connectivity index (χ2v) is 6.02. The van der Waals surface area contributed by atoms with Crippen LogP contribution in [0.25, 0.3) is 0 Å². The van der Waals surface area contributed by atoms with Crippen LogP contribution >= 0.6 is 0 Å². The predicted molar refractivity (Wildman–Crippen MR) is 83.0 cm³/mol. The van der Waals surface area contributed by atoms with E-state index in [-0.39, 0.29) is 12.1 Å². The second kappa shape index (κ2) is 6.12. The van der Waals surface area contributed by atoms with E-state index in [2.05, 4.69) is 10.3 Å². The quantitative estimate of drug-likeness (QED) is 0.897. The molecular weight excluding hydrogens is 282 g/mol. The molecule has 0 bridgehead atoms. The van der Waals surface area contributed by atoms with Crippen molar-refractivity contribution in [2.24, 2.45) is 5.92 Å². The van der Waals surface area contributed by atoms with Crippen molar-refractivity contribution in [3.8, 4) is 5.75 Å². The van der Waals surface area contributed by atoms with E-state index in [9.17, 15) is 9.90 Å². The Morgan fingerprint density at radius 3 is 3.00 bits per heavy atom. The Hall–Kier alpha value is -1.82. The number of aliphatic hydroxyl groups excluding tert-OH is 1. The standard InChI is InChI=1S/C16H23N3O3/c1-3-22-13-6-7-14(17-10(13)2)18-16(21)19-9-8-11-4-5-12(20)15(11)19/h6-7,11-12,15,20H,3-5,8-9H2,1-2H3,(H,17,18,21)/t11-,12+,15+/m0/s1. The summed E-state index contributed by atoms with van der Waals surface area (Å²) in [7, 11) is 0. The van der Waals surface area contributed by atoms with Crippen molar-refractivity contribution >= 4 is 11.8 Å². The summed E-state index contributed by atoms with van der Waals surface area (Å²) in [5, 5.41) is 12.9. The van der Waals surface area contributed by atoms with Crippen molar-refractivity contribution in [3.63, 3.8) is 0 Å². The molecule has 1 aliphatic heterocycles. The van der Waals surface area contributed by atoms with Crippen LogP contribution in [0.2, 0.25) is 0 Å². The first kappa shape index (κ1) is 15.1. The molecule has 2 fully saturated rings. The maximum absolute atomic E-state index is 12.5. The summed E-state index contributed by atoms with van der Waals surface area (Å²) >= 11 is 0. The largest absolute Gasteiger partial charge is 0.492 e. The molecule has 3 atom stereocenters. The molecule has 120 valence electrons. The van der Waals surface area contributed by atoms with Gasteiger partial charge in [-0.25, -0.2) is 9.78 Å². The molecule has 6 heteroatoms. The summed E-state index contributed by atoms with van der Waals surface area (Å²) in [6.07, 6.45) is 2.38. The number of likely N-dealkylation sites (tertiary alicyclic amines) is 1. The molecule has 2 N–H and O–H groups in total. The third-order valence-electron chi connectivity index (χ3n) is 4.64. The van der Waals surface area contributed by atoms with Gasteiger partial charge in [-0.1, -0.05) is 0 Å². The molecule has 0 radical (unpaired) electrons. The van der Waals surface area contributed by atoms with Gasteiger partial charge in [0.25, 0.3) is 0 Å². The van der Waals surface area contributed by atoms with Gasteiger partial charge in [0.15, 0.2) is 0 Å². The third kappa shape index (κ3) is 2.75. The molecule has 0 unspecified atom stereocenters. The topological polar surface area (TPSA) is 74.7 Å². The van der Waals surface area contributed by atoms with Crippen LogP contribution in [0.5, 0.6) is 5.75 Å². The van der Waals surface area contributed by atoms with Crippen molar-refractivity contribution < 1.29 is 14.6 Å². The average molecular weight is 305 g/mol. The number of amides is 2. The second-order valence-electron chi connectivity index (χ2n) is 6.02. The van der Waals surface area contributed by atoms with Crippen molar-refractivity contribution in [1.82, 2.24) is 9.88 Å². The van der Waals surface area contributed by atoms with Crippen LogP contribution in [0.1, 0.15) is 31.9 Å². The number of nitrogens with zero attached hydrogens (tertiary/aromatic N) is 2. The van der Waals surface area contributed by atoms with Gasteiger partial charge in [-0.15, -0.1) is 0 Å². The number of ether oxygens (including phenoxy) is 1. The Bertz CT molecular complexity index is 564. The first-order valence-corrected chi connectivity index (χ1v) is 7.96. The third-order valence-corrected chi connectivity index (χ3v) is 4.64. The number of aromatic nitrogens is 1. The Balaban J connectivity index is 1.68. The normalized spacial score (nSPS) is 26.9. The van der Waals surface area contributed by atoms with Crippen LogP contribution in [0.3, 0.4) is 0 Å². The monoisotopic (exact) mass is 305 g/mol. The Morgan fingerprint density at radius 1 is 1.45 bits per heavy atom. The minimum Gasteiger partial charge on any atom is -0.492 e. The van der Waals surface area contributed by atoms with Crippen LogP contribution in [-0.4, -0.2) is 46.3 Å². The van der Waals surface area contributed by atoms with Gasteiger partial charge in [0, 0.05) is 6.54 Å². The van der Waals surface area contributed by atoms with E-state index >= 15 is 0 Å². The van der Waals surface area contributed by atoms with Gasteiger partial charge in [-0.2, -0.15) is 0 Å². The molecule has 0 aromatic carbocycles. The zero-order valence-corrected chi connectivity index (χ0v) is 13.1. The zero-order valence-electron chi connectivity index (χ0n) is 13.1. The highest BCUT2D eigenvalue weighted by atomic mass is 16.5. The van der Waals surface area contributed by atoms with Gasteiger partial charge in [0.05, 0.1) is 24.4 Å². The van der Waals surface area contributed by atoms with Gasteiger partial charge >= 0.3 is 6.03 Å². The van der Waals surface area contributed by atoms with Gasteiger partial charge in [-0.3, -0.25) is 5.32 Å². The molecular formula is C16H23N3O3. The molecule has 2 aliphatic rings. The SMILES string of the molecule is CCOc1ccc(NC(=O)N2CC[C@@H]3CC[C@@H](O)[C@@H]32)nc1C. The zero-order chi connectivity index (χ0) is 15.7. The molecule has 1 saturated carbocycles. The van der Waals surface area contributed by atoms with Crippen molar-refractivity contribution in [2.45, 2.75) is 45.3 Å². The number of nitrogens with one attached hydrogen (secondary N) is 1. The number of fused-ring (bicyclic) bond motifs is 1. The van der Waals surface area contributed by atoms with Gasteiger partial charge in [-0.05, 0) is 51.2 Å². The fourth-order valence-electron chi connectivity index (χ4n) is 3.62. The first-order valence-electron chi connectivity index (χ1n) is 7.96. The van der Waals surface area contributed by atoms with E-state index in [0.717, 1.165) is 30.7 Å². The molecule has 2 heterocycles. The number of aliphatic hydroxyl groups is 1. The summed E-state index contributed by atoms with van der Waals surface area (Å²) in [5.74, 6) is 1.69. The lowest BCUT2D eigenvalue weighted by Crippen LogP contribution is -2.44. The number of pyridine rings is 1. The predicted octanol–water partition coefficient (Wildman–Crippen LogP) is 2.17. The maximum Gasteiger partial charge on any atom is 0.323 e. The Morgan fingerprint density at radius 2 is 2.27 bits per heavy atom. The van der Waals surface area contributed by atoms with E-state index in [1.165, 1.54) is 0 Å². The highest BCUT2D eigenvalue weighted by molar-refractivity contribution is 5.89. The van der Waals surface area contributed by atoms with Crippen LogP contribution in [0, 0.1) is 12.8 Å². The highest BCUT2D eigenvalue weighted by Gasteiger charge is 2.45. The van der Waals surface area contributed by atoms with Crippen molar-refractivity contribution in [1.29, 1.82) is 0 Å². The minimum atomic E-state index is -0.395. The smallest absolute Gasteiger partial charge is 0.323 e. The van der Waals surface area contributed by atoms with E-state index in [1.54, 1.807) is 11.0 Å². The molecule has 22 heavy (non-hydrogen) atoms. The highest BCUT2D eigenvalue weighted by Crippen LogP contribution is 2.38. The number of anilines is 1. The number of hydrogen-bond acceptors (Lipinski definition) is 4. The summed E-state index contributed by atoms with van der Waals surface area (Å²) in [5.41, 5.74) is 0.750. The van der Waals surface area contributed by atoms with Crippen LogP contribution in [0.15, 0.2) is 12.1 Å². The van der Waals surface area contributed by atoms with Gasteiger partial charge in [0.2, 0.25) is 0 Å². The number of rotatable bonds is 3. The van der Waals surface area contributed by atoms with Crippen molar-refractivity contribution in [2.75, 3.05) is 18.5 Å². The van der Waals surface area contributed by atoms with E-state index < -0.39 is 6.10 Å². The summed E-state index contributed by atoms with van der Waals surface area (Å²) in [6, 6.07) is 3.35. The lowest BCUT2D eigenvalue weighted by atomic mass is 10.0. The lowest BCUT2D eigenvalue weighted by Gasteiger charge is -2.26. The van der Waals surface area contributed by atoms with Crippen LogP contribution in [0.4, 0.5) is 10.6 Å². The van der Waals surface area contributed by atoms with Crippen LogP contribution < -0.4 is 10.1 Å². The number of aryl methyl sites for hydroxylation is 1. The first-order chi connectivity index (χ1) is 10.6. The average Bonchev–Trinajstić information content (AvgIpc) is 3.05. The molecule has 1 aromatic heterocycles. The minimum absolute atomic E-state index is 0.0382. The van der Waals surface area contributed by atoms with Crippen molar-refractivity contribution in [3.05, 3.63) is 17.8 Å². The lowest BCUT2D eigenvalue weighted by molar-refractivity contribution is 0.101. The van der Waals surface area contributed by atoms with E-state index in [4.69, 9.17) is 4.74 Å². The Labute approximate surface area is 130 Å². The maximum atomic E-state index is 12.5. The summed E-state index contributed by atoms with van der Waals surface area (Å²) < 4.78 is 5.45.